The summed E-state index contributed by atoms with van der Waals surface area (Å²) in [5.74, 6) is 1.35. The summed E-state index contributed by atoms with van der Waals surface area (Å²) in [6.07, 6.45) is 4.05. The van der Waals surface area contributed by atoms with E-state index in [0.717, 1.165) is 18.8 Å². The van der Waals surface area contributed by atoms with Gasteiger partial charge in [-0.05, 0) is 45.0 Å². The first-order chi connectivity index (χ1) is 11.5. The minimum absolute atomic E-state index is 0.0937. The van der Waals surface area contributed by atoms with E-state index >= 15 is 0 Å². The zero-order valence-corrected chi connectivity index (χ0v) is 14.9. The summed E-state index contributed by atoms with van der Waals surface area (Å²) in [5, 5.41) is 11.1. The van der Waals surface area contributed by atoms with Gasteiger partial charge in [-0.1, -0.05) is 0 Å². The largest absolute Gasteiger partial charge is 0.468 e. The quantitative estimate of drug-likeness (QED) is 0.454. The molecule has 8 nitrogen and oxygen atoms in total. The summed E-state index contributed by atoms with van der Waals surface area (Å²) in [6.45, 7) is 5.49. The molecule has 1 aliphatic rings. The maximum atomic E-state index is 11.0. The number of aliphatic imine (C=N–C) groups is 1. The van der Waals surface area contributed by atoms with Crippen molar-refractivity contribution in [1.82, 2.24) is 15.5 Å². The van der Waals surface area contributed by atoms with Crippen LogP contribution in [0.4, 0.5) is 0 Å². The van der Waals surface area contributed by atoms with Gasteiger partial charge in [0.2, 0.25) is 10.0 Å². The van der Waals surface area contributed by atoms with Crippen molar-refractivity contribution in [2.75, 3.05) is 38.5 Å². The van der Waals surface area contributed by atoms with E-state index in [2.05, 4.69) is 20.5 Å². The van der Waals surface area contributed by atoms with E-state index in [1.807, 2.05) is 19.1 Å². The van der Waals surface area contributed by atoms with Gasteiger partial charge in [-0.25, -0.2) is 13.6 Å². The zero-order valence-electron chi connectivity index (χ0n) is 14.1. The molecule has 136 valence electrons. The molecule has 1 aliphatic heterocycles. The standard InChI is InChI=1S/C15H27N5O3S/c1-2-17-15(18-7-11-24(16,21)22)19-12-13(14-6-5-10-23-14)20-8-3-4-9-20/h5-6,10,13H,2-4,7-9,11-12H2,1H3,(H2,16,21,22)(H2,17,18,19). The van der Waals surface area contributed by atoms with Crippen LogP contribution in [-0.4, -0.2) is 57.8 Å². The Balaban J connectivity index is 2.00. The van der Waals surface area contributed by atoms with Gasteiger partial charge in [0, 0.05) is 13.1 Å². The molecule has 0 saturated carbocycles. The molecule has 24 heavy (non-hydrogen) atoms. The van der Waals surface area contributed by atoms with Crippen LogP contribution in [0.25, 0.3) is 0 Å². The lowest BCUT2D eigenvalue weighted by Crippen LogP contribution is -2.41. The van der Waals surface area contributed by atoms with Crippen LogP contribution >= 0.6 is 0 Å². The van der Waals surface area contributed by atoms with E-state index in [-0.39, 0.29) is 18.3 Å². The molecule has 1 unspecified atom stereocenters. The smallest absolute Gasteiger partial charge is 0.210 e. The van der Waals surface area contributed by atoms with Gasteiger partial charge in [0.15, 0.2) is 5.96 Å². The molecule has 4 N–H and O–H groups in total. The second kappa shape index (κ2) is 9.05. The van der Waals surface area contributed by atoms with Gasteiger partial charge in [-0.2, -0.15) is 0 Å². The first-order valence-electron chi connectivity index (χ1n) is 8.29. The number of guanidine groups is 1. The highest BCUT2D eigenvalue weighted by molar-refractivity contribution is 7.89. The van der Waals surface area contributed by atoms with Crippen molar-refractivity contribution < 1.29 is 12.8 Å². The third-order valence-corrected chi connectivity index (χ3v) is 4.67. The Morgan fingerprint density at radius 1 is 1.42 bits per heavy atom. The van der Waals surface area contributed by atoms with Crippen molar-refractivity contribution in [1.29, 1.82) is 0 Å². The first-order valence-corrected chi connectivity index (χ1v) is 10.0. The van der Waals surface area contributed by atoms with Gasteiger partial charge in [0.1, 0.15) is 5.76 Å². The van der Waals surface area contributed by atoms with E-state index in [9.17, 15) is 8.42 Å². The van der Waals surface area contributed by atoms with E-state index in [4.69, 9.17) is 9.56 Å². The lowest BCUT2D eigenvalue weighted by molar-refractivity contribution is 0.221. The molecule has 9 heteroatoms. The average molecular weight is 357 g/mol. The Labute approximate surface area is 143 Å². The minimum Gasteiger partial charge on any atom is -0.468 e. The topological polar surface area (TPSA) is 113 Å². The maximum Gasteiger partial charge on any atom is 0.210 e. The summed E-state index contributed by atoms with van der Waals surface area (Å²) in [4.78, 5) is 6.96. The molecule has 1 atom stereocenters. The lowest BCUT2D eigenvalue weighted by Gasteiger charge is -2.24. The Morgan fingerprint density at radius 3 is 2.75 bits per heavy atom. The van der Waals surface area contributed by atoms with Gasteiger partial charge < -0.3 is 15.1 Å². The summed E-state index contributed by atoms with van der Waals surface area (Å²) in [6, 6.07) is 3.95. The average Bonchev–Trinajstić information content (AvgIpc) is 3.20. The zero-order chi connectivity index (χ0) is 17.4. The molecule has 2 heterocycles. The fourth-order valence-electron chi connectivity index (χ4n) is 2.75. The highest BCUT2D eigenvalue weighted by Crippen LogP contribution is 2.25. The molecule has 1 saturated heterocycles. The Hall–Kier alpha value is -1.58. The van der Waals surface area contributed by atoms with E-state index in [1.54, 1.807) is 6.26 Å². The molecule has 1 aromatic heterocycles. The third kappa shape index (κ3) is 6.14. The number of hydrogen-bond donors (Lipinski definition) is 3. The van der Waals surface area contributed by atoms with Crippen LogP contribution in [0.2, 0.25) is 0 Å². The van der Waals surface area contributed by atoms with E-state index in [0.29, 0.717) is 19.0 Å². The number of sulfonamides is 1. The van der Waals surface area contributed by atoms with E-state index in [1.165, 1.54) is 12.8 Å². The number of primary sulfonamides is 1. The molecule has 2 rings (SSSR count). The number of nitrogens with zero attached hydrogens (tertiary/aromatic N) is 2. The normalized spacial score (nSPS) is 17.8. The molecule has 1 aromatic rings. The molecule has 0 aromatic carbocycles. The molecular formula is C15H27N5O3S. The third-order valence-electron chi connectivity index (χ3n) is 3.90. The van der Waals surface area contributed by atoms with Crippen molar-refractivity contribution in [3.63, 3.8) is 0 Å². The minimum atomic E-state index is -3.48. The second-order valence-corrected chi connectivity index (χ2v) is 7.52. The molecule has 0 aliphatic carbocycles. The van der Waals surface area contributed by atoms with Crippen LogP contribution in [0.3, 0.4) is 0 Å². The summed E-state index contributed by atoms with van der Waals surface area (Å²) in [7, 11) is -3.48. The Kier molecular flexibility index (Phi) is 7.07. The van der Waals surface area contributed by atoms with Crippen molar-refractivity contribution in [3.05, 3.63) is 24.2 Å². The second-order valence-electron chi connectivity index (χ2n) is 5.79. The number of hydrogen-bond acceptors (Lipinski definition) is 5. The van der Waals surface area contributed by atoms with Gasteiger partial charge in [0.05, 0.1) is 24.6 Å². The fourth-order valence-corrected chi connectivity index (χ4v) is 3.14. The highest BCUT2D eigenvalue weighted by Gasteiger charge is 2.25. The van der Waals surface area contributed by atoms with Crippen LogP contribution < -0.4 is 15.8 Å². The van der Waals surface area contributed by atoms with Crippen LogP contribution in [0.15, 0.2) is 27.8 Å². The highest BCUT2D eigenvalue weighted by atomic mass is 32.2. The Bertz CT molecular complexity index is 609. The number of likely N-dealkylation sites (tertiary alicyclic amines) is 1. The van der Waals surface area contributed by atoms with Crippen molar-refractivity contribution in [2.24, 2.45) is 10.1 Å². The van der Waals surface area contributed by atoms with Gasteiger partial charge in [0.25, 0.3) is 0 Å². The number of rotatable bonds is 8. The van der Waals surface area contributed by atoms with Gasteiger partial charge >= 0.3 is 0 Å². The van der Waals surface area contributed by atoms with Crippen LogP contribution in [0.1, 0.15) is 31.6 Å². The number of nitrogens with one attached hydrogen (secondary N) is 2. The van der Waals surface area contributed by atoms with E-state index < -0.39 is 10.0 Å². The molecular weight excluding hydrogens is 330 g/mol. The molecule has 1 fully saturated rings. The first kappa shape index (κ1) is 18.8. The van der Waals surface area contributed by atoms with Crippen molar-refractivity contribution in [2.45, 2.75) is 25.8 Å². The summed E-state index contributed by atoms with van der Waals surface area (Å²) < 4.78 is 27.6. The van der Waals surface area contributed by atoms with Crippen LogP contribution in [-0.2, 0) is 10.0 Å². The van der Waals surface area contributed by atoms with Crippen molar-refractivity contribution >= 4 is 16.0 Å². The predicted octanol–water partition coefficient (Wildman–Crippen LogP) is 0.260. The number of nitrogens with two attached hydrogens (primary N) is 1. The van der Waals surface area contributed by atoms with Crippen molar-refractivity contribution in [3.8, 4) is 0 Å². The SMILES string of the molecule is CCNC(=NCC(c1ccco1)N1CCCC1)NCCS(N)(=O)=O. The fraction of sp³-hybridized carbons (Fsp3) is 0.667. The van der Waals surface area contributed by atoms with Gasteiger partial charge in [-0.15, -0.1) is 0 Å². The molecule has 0 spiro atoms. The van der Waals surface area contributed by atoms with Gasteiger partial charge in [-0.3, -0.25) is 9.89 Å². The van der Waals surface area contributed by atoms with Crippen LogP contribution in [0.5, 0.6) is 0 Å². The number of furan rings is 1. The Morgan fingerprint density at radius 2 is 2.17 bits per heavy atom. The maximum absolute atomic E-state index is 11.0. The summed E-state index contributed by atoms with van der Waals surface area (Å²) in [5.41, 5.74) is 0. The lowest BCUT2D eigenvalue weighted by atomic mass is 10.2. The molecule has 0 amide bonds. The molecule has 0 bridgehead atoms. The van der Waals surface area contributed by atoms with Crippen LogP contribution in [0, 0.1) is 0 Å². The molecule has 0 radical (unpaired) electrons. The predicted molar refractivity (Wildman–Crippen MR) is 94.2 cm³/mol. The monoisotopic (exact) mass is 357 g/mol. The summed E-state index contributed by atoms with van der Waals surface area (Å²) >= 11 is 0.